The van der Waals surface area contributed by atoms with Gasteiger partial charge in [0.05, 0.1) is 7.11 Å². The molecule has 1 aromatic carbocycles. The molecule has 1 aliphatic rings. The van der Waals surface area contributed by atoms with E-state index in [1.807, 2.05) is 31.3 Å². The van der Waals surface area contributed by atoms with Crippen LogP contribution in [0.3, 0.4) is 0 Å². The molecule has 1 saturated carbocycles. The van der Waals surface area contributed by atoms with Gasteiger partial charge in [-0.2, -0.15) is 0 Å². The van der Waals surface area contributed by atoms with Crippen LogP contribution in [-0.2, 0) is 4.79 Å². The Morgan fingerprint density at radius 2 is 1.88 bits per heavy atom. The van der Waals surface area contributed by atoms with Crippen molar-refractivity contribution in [3.63, 3.8) is 0 Å². The van der Waals surface area contributed by atoms with Gasteiger partial charge >= 0.3 is 0 Å². The number of aromatic nitrogens is 1. The number of halogens is 1. The van der Waals surface area contributed by atoms with Crippen LogP contribution < -0.4 is 10.1 Å². The van der Waals surface area contributed by atoms with E-state index in [9.17, 15) is 4.79 Å². The Kier molecular flexibility index (Phi) is 6.15. The third-order valence-corrected chi connectivity index (χ3v) is 5.70. The zero-order valence-electron chi connectivity index (χ0n) is 15.2. The van der Waals surface area contributed by atoms with Crippen molar-refractivity contribution >= 4 is 23.2 Å². The summed E-state index contributed by atoms with van der Waals surface area (Å²) in [6.07, 6.45) is 6.12. The van der Waals surface area contributed by atoms with Crippen molar-refractivity contribution in [1.82, 2.24) is 4.98 Å². The molecule has 1 N–H and O–H groups in total. The summed E-state index contributed by atoms with van der Waals surface area (Å²) < 4.78 is 5.23. The molecular formula is C21H25ClN2O2. The standard InChI is InChI=1S/C21H25ClN2O2/c1-14(21(25)24-19-9-7-18(22)8-10-19)15-3-5-16(6-4-15)17-11-12-23-20(13-17)26-2/h7-16H,3-6H2,1-2H3,(H,24,25)/t14-,15-,16+/m1/s1. The van der Waals surface area contributed by atoms with Gasteiger partial charge in [-0.3, -0.25) is 4.79 Å². The quantitative estimate of drug-likeness (QED) is 0.775. The van der Waals surface area contributed by atoms with Gasteiger partial charge in [0.2, 0.25) is 11.8 Å². The van der Waals surface area contributed by atoms with Gasteiger partial charge < -0.3 is 10.1 Å². The second-order valence-corrected chi connectivity index (χ2v) is 7.46. The fourth-order valence-corrected chi connectivity index (χ4v) is 3.87. The molecule has 0 spiro atoms. The molecule has 138 valence electrons. The van der Waals surface area contributed by atoms with Crippen molar-refractivity contribution in [3.8, 4) is 5.88 Å². The van der Waals surface area contributed by atoms with Crippen LogP contribution in [0.25, 0.3) is 0 Å². The molecule has 0 unspecified atom stereocenters. The van der Waals surface area contributed by atoms with Gasteiger partial charge in [0.1, 0.15) is 0 Å². The predicted octanol–water partition coefficient (Wildman–Crippen LogP) is 5.29. The van der Waals surface area contributed by atoms with Crippen molar-refractivity contribution in [2.75, 3.05) is 12.4 Å². The Morgan fingerprint density at radius 3 is 2.54 bits per heavy atom. The minimum Gasteiger partial charge on any atom is -0.481 e. The van der Waals surface area contributed by atoms with E-state index in [0.29, 0.717) is 22.7 Å². The lowest BCUT2D eigenvalue weighted by Gasteiger charge is -2.32. The van der Waals surface area contributed by atoms with E-state index in [1.54, 1.807) is 19.2 Å². The van der Waals surface area contributed by atoms with Crippen LogP contribution in [0.15, 0.2) is 42.6 Å². The van der Waals surface area contributed by atoms with Crippen molar-refractivity contribution in [3.05, 3.63) is 53.2 Å². The first-order valence-corrected chi connectivity index (χ1v) is 9.51. The summed E-state index contributed by atoms with van der Waals surface area (Å²) in [6, 6.07) is 11.3. The van der Waals surface area contributed by atoms with Crippen molar-refractivity contribution in [1.29, 1.82) is 0 Å². The number of amides is 1. The zero-order chi connectivity index (χ0) is 18.5. The third kappa shape index (κ3) is 4.55. The Balaban J connectivity index is 1.55. The van der Waals surface area contributed by atoms with Crippen LogP contribution in [-0.4, -0.2) is 18.0 Å². The highest BCUT2D eigenvalue weighted by Crippen LogP contribution is 2.39. The fraction of sp³-hybridized carbons (Fsp3) is 0.429. The number of carbonyl (C=O) groups excluding carboxylic acids is 1. The van der Waals surface area contributed by atoms with E-state index < -0.39 is 0 Å². The molecule has 0 saturated heterocycles. The number of benzene rings is 1. The molecule has 2 aromatic rings. The summed E-state index contributed by atoms with van der Waals surface area (Å²) in [5, 5.41) is 3.67. The summed E-state index contributed by atoms with van der Waals surface area (Å²) in [7, 11) is 1.64. The number of methoxy groups -OCH3 is 1. The summed E-state index contributed by atoms with van der Waals surface area (Å²) in [4.78, 5) is 16.7. The lowest BCUT2D eigenvalue weighted by molar-refractivity contribution is -0.121. The normalized spacial score (nSPS) is 21.0. The van der Waals surface area contributed by atoms with E-state index in [4.69, 9.17) is 16.3 Å². The molecule has 26 heavy (non-hydrogen) atoms. The molecular weight excluding hydrogens is 348 g/mol. The van der Waals surface area contributed by atoms with Gasteiger partial charge in [-0.15, -0.1) is 0 Å². The molecule has 3 rings (SSSR count). The highest BCUT2D eigenvalue weighted by atomic mass is 35.5. The minimum absolute atomic E-state index is 0.00129. The van der Waals surface area contributed by atoms with E-state index in [2.05, 4.69) is 16.4 Å². The summed E-state index contributed by atoms with van der Waals surface area (Å²) >= 11 is 5.89. The maximum absolute atomic E-state index is 12.6. The number of hydrogen-bond donors (Lipinski definition) is 1. The minimum atomic E-state index is -0.00129. The fourth-order valence-electron chi connectivity index (χ4n) is 3.75. The maximum Gasteiger partial charge on any atom is 0.227 e. The number of anilines is 1. The Labute approximate surface area is 159 Å². The summed E-state index contributed by atoms with van der Waals surface area (Å²) in [5.41, 5.74) is 2.08. The van der Waals surface area contributed by atoms with E-state index >= 15 is 0 Å². The average Bonchev–Trinajstić information content (AvgIpc) is 2.69. The SMILES string of the molecule is COc1cc([C@H]2CC[C@@H]([C@@H](C)C(=O)Nc3ccc(Cl)cc3)CC2)ccn1. The van der Waals surface area contributed by atoms with Crippen molar-refractivity contribution < 1.29 is 9.53 Å². The third-order valence-electron chi connectivity index (χ3n) is 5.44. The number of nitrogens with zero attached hydrogens (tertiary/aromatic N) is 1. The van der Waals surface area contributed by atoms with E-state index in [0.717, 1.165) is 31.4 Å². The number of nitrogens with one attached hydrogen (secondary N) is 1. The van der Waals surface area contributed by atoms with Crippen LogP contribution in [0.2, 0.25) is 5.02 Å². The molecule has 0 bridgehead atoms. The predicted molar refractivity (Wildman–Crippen MR) is 105 cm³/mol. The molecule has 1 aromatic heterocycles. The first-order valence-electron chi connectivity index (χ1n) is 9.13. The smallest absolute Gasteiger partial charge is 0.227 e. The van der Waals surface area contributed by atoms with Crippen LogP contribution in [0.4, 0.5) is 5.69 Å². The molecule has 1 atom stereocenters. The lowest BCUT2D eigenvalue weighted by Crippen LogP contribution is -2.29. The maximum atomic E-state index is 12.6. The van der Waals surface area contributed by atoms with Crippen molar-refractivity contribution in [2.45, 2.75) is 38.5 Å². The zero-order valence-corrected chi connectivity index (χ0v) is 16.0. The van der Waals surface area contributed by atoms with Gasteiger partial charge in [-0.05, 0) is 73.4 Å². The number of hydrogen-bond acceptors (Lipinski definition) is 3. The summed E-state index contributed by atoms with van der Waals surface area (Å²) in [5.74, 6) is 1.69. The van der Waals surface area contributed by atoms with E-state index in [1.165, 1.54) is 5.56 Å². The van der Waals surface area contributed by atoms with Crippen LogP contribution in [0.1, 0.15) is 44.1 Å². The van der Waals surface area contributed by atoms with Crippen molar-refractivity contribution in [2.24, 2.45) is 11.8 Å². The van der Waals surface area contributed by atoms with Gasteiger partial charge in [-0.25, -0.2) is 4.98 Å². The topological polar surface area (TPSA) is 51.2 Å². The molecule has 1 fully saturated rings. The highest BCUT2D eigenvalue weighted by molar-refractivity contribution is 6.30. The highest BCUT2D eigenvalue weighted by Gasteiger charge is 2.29. The van der Waals surface area contributed by atoms with Gasteiger partial charge in [0.25, 0.3) is 0 Å². The second kappa shape index (κ2) is 8.54. The monoisotopic (exact) mass is 372 g/mol. The molecule has 4 nitrogen and oxygen atoms in total. The van der Waals surface area contributed by atoms with Crippen LogP contribution in [0.5, 0.6) is 5.88 Å². The van der Waals surface area contributed by atoms with E-state index in [-0.39, 0.29) is 11.8 Å². The van der Waals surface area contributed by atoms with Crippen LogP contribution >= 0.6 is 11.6 Å². The molecule has 0 aliphatic heterocycles. The Hall–Kier alpha value is -2.07. The molecule has 1 heterocycles. The number of rotatable bonds is 5. The molecule has 5 heteroatoms. The molecule has 0 radical (unpaired) electrons. The molecule has 1 aliphatic carbocycles. The number of ether oxygens (including phenoxy) is 1. The number of carbonyl (C=O) groups is 1. The Morgan fingerprint density at radius 1 is 1.19 bits per heavy atom. The Bertz CT molecular complexity index is 740. The largest absolute Gasteiger partial charge is 0.481 e. The van der Waals surface area contributed by atoms with Gasteiger partial charge in [0, 0.05) is 28.9 Å². The first kappa shape index (κ1) is 18.7. The lowest BCUT2D eigenvalue weighted by atomic mass is 9.74. The number of pyridine rings is 1. The van der Waals surface area contributed by atoms with Gasteiger partial charge in [0.15, 0.2) is 0 Å². The van der Waals surface area contributed by atoms with Gasteiger partial charge in [-0.1, -0.05) is 18.5 Å². The molecule has 1 amide bonds. The first-order chi connectivity index (χ1) is 12.6. The second-order valence-electron chi connectivity index (χ2n) is 7.03. The van der Waals surface area contributed by atoms with Crippen LogP contribution in [0, 0.1) is 11.8 Å². The summed E-state index contributed by atoms with van der Waals surface area (Å²) in [6.45, 7) is 2.03. The average molecular weight is 373 g/mol.